The molecule has 5 nitrogen and oxygen atoms in total. The van der Waals surface area contributed by atoms with Crippen molar-refractivity contribution < 1.29 is 23.5 Å². The predicted molar refractivity (Wildman–Crippen MR) is 48.5 cm³/mol. The van der Waals surface area contributed by atoms with E-state index in [0.717, 1.165) is 0 Å². The molecule has 6 heteroatoms. The van der Waals surface area contributed by atoms with Crippen molar-refractivity contribution in [3.8, 4) is 0 Å². The van der Waals surface area contributed by atoms with Crippen LogP contribution in [0, 0.1) is 0 Å². The maximum atomic E-state index is 11.0. The molecule has 0 aromatic carbocycles. The van der Waals surface area contributed by atoms with E-state index in [0.29, 0.717) is 5.57 Å². The third kappa shape index (κ3) is 7.86. The zero-order valence-electron chi connectivity index (χ0n) is 8.35. The average molecular weight is 220 g/mol. The average Bonchev–Trinajstić information content (AvgIpc) is 1.98. The highest BCUT2D eigenvalue weighted by Crippen LogP contribution is 2.10. The van der Waals surface area contributed by atoms with Gasteiger partial charge in [0, 0.05) is 6.08 Å². The van der Waals surface area contributed by atoms with Gasteiger partial charge in [0.15, 0.2) is 0 Å². The van der Waals surface area contributed by atoms with Crippen LogP contribution in [-0.2, 0) is 18.6 Å². The molecule has 80 valence electrons. The first-order valence-electron chi connectivity index (χ1n) is 4.07. The van der Waals surface area contributed by atoms with E-state index in [9.17, 15) is 14.3 Å². The van der Waals surface area contributed by atoms with Crippen LogP contribution in [0.15, 0.2) is 11.6 Å². The molecule has 0 aliphatic carbocycles. The smallest absolute Gasteiger partial charge is 0.488 e. The number of carbonyl (C=O) groups excluding carboxylic acids is 1. The molecule has 0 aliphatic rings. The van der Waals surface area contributed by atoms with E-state index in [2.05, 4.69) is 4.52 Å². The molecule has 0 aromatic heterocycles. The van der Waals surface area contributed by atoms with Crippen LogP contribution in [0.2, 0.25) is 0 Å². The lowest BCUT2D eigenvalue weighted by Crippen LogP contribution is -2.09. The van der Waals surface area contributed by atoms with E-state index in [-0.39, 0.29) is 12.7 Å². The van der Waals surface area contributed by atoms with Gasteiger partial charge >= 0.3 is 14.2 Å². The zero-order valence-corrected chi connectivity index (χ0v) is 9.24. The first-order valence-corrected chi connectivity index (χ1v) is 5.16. The van der Waals surface area contributed by atoms with Gasteiger partial charge in [0.25, 0.3) is 0 Å². The van der Waals surface area contributed by atoms with Crippen LogP contribution >= 0.6 is 8.25 Å². The molecule has 0 fully saturated rings. The van der Waals surface area contributed by atoms with Gasteiger partial charge in [-0.3, -0.25) is 0 Å². The molecule has 1 atom stereocenters. The molecule has 1 unspecified atom stereocenters. The number of ether oxygens (including phenoxy) is 1. The number of rotatable bonds is 5. The normalized spacial score (nSPS) is 12.9. The van der Waals surface area contributed by atoms with E-state index in [1.54, 1.807) is 20.8 Å². The van der Waals surface area contributed by atoms with Crippen molar-refractivity contribution in [1.29, 1.82) is 0 Å². The standard InChI is InChI=1S/C8H13O5P/c1-6(2)13-8(9)4-7(3)5-12-14(10)11/h4,6H,5H2,1-3H3/b7-4+. The summed E-state index contributed by atoms with van der Waals surface area (Å²) in [7, 11) is -2.87. The molecule has 0 spiro atoms. The molecule has 0 bridgehead atoms. The lowest BCUT2D eigenvalue weighted by Gasteiger charge is -2.04. The van der Waals surface area contributed by atoms with E-state index in [4.69, 9.17) is 4.74 Å². The molecule has 0 saturated heterocycles. The van der Waals surface area contributed by atoms with Crippen molar-refractivity contribution >= 4 is 14.2 Å². The van der Waals surface area contributed by atoms with Gasteiger partial charge in [-0.2, -0.15) is 0 Å². The van der Waals surface area contributed by atoms with Gasteiger partial charge < -0.3 is 9.63 Å². The lowest BCUT2D eigenvalue weighted by atomic mass is 10.3. The van der Waals surface area contributed by atoms with Gasteiger partial charge in [0.05, 0.1) is 6.10 Å². The first-order chi connectivity index (χ1) is 6.41. The fraction of sp³-hybridized carbons (Fsp3) is 0.625. The summed E-state index contributed by atoms with van der Waals surface area (Å²) in [5.41, 5.74) is 0.495. The van der Waals surface area contributed by atoms with Crippen LogP contribution < -0.4 is 4.89 Å². The van der Waals surface area contributed by atoms with Gasteiger partial charge in [-0.1, -0.05) is 0 Å². The second-order valence-corrected chi connectivity index (χ2v) is 3.68. The summed E-state index contributed by atoms with van der Waals surface area (Å²) in [4.78, 5) is 21.0. The van der Waals surface area contributed by atoms with E-state index < -0.39 is 14.2 Å². The molecule has 0 heterocycles. The largest absolute Gasteiger partial charge is 0.566 e. The Hall–Kier alpha value is -0.770. The minimum atomic E-state index is -2.87. The second kappa shape index (κ2) is 6.65. The van der Waals surface area contributed by atoms with Crippen LogP contribution in [0.25, 0.3) is 0 Å². The molecule has 0 aliphatic heterocycles. The molecular weight excluding hydrogens is 207 g/mol. The molecule has 0 aromatic rings. The van der Waals surface area contributed by atoms with Crippen molar-refractivity contribution in [2.45, 2.75) is 26.9 Å². The fourth-order valence-electron chi connectivity index (χ4n) is 0.664. The summed E-state index contributed by atoms with van der Waals surface area (Å²) in [6, 6.07) is 0. The third-order valence-electron chi connectivity index (χ3n) is 1.11. The quantitative estimate of drug-likeness (QED) is 0.391. The summed E-state index contributed by atoms with van der Waals surface area (Å²) in [6.45, 7) is 4.92. The Morgan fingerprint density at radius 1 is 1.57 bits per heavy atom. The maximum absolute atomic E-state index is 11.0. The summed E-state index contributed by atoms with van der Waals surface area (Å²) >= 11 is 0. The van der Waals surface area contributed by atoms with Gasteiger partial charge in [-0.15, -0.1) is 4.52 Å². The zero-order chi connectivity index (χ0) is 11.1. The number of hydrogen-bond acceptors (Lipinski definition) is 5. The highest BCUT2D eigenvalue weighted by atomic mass is 31.1. The highest BCUT2D eigenvalue weighted by molar-refractivity contribution is 7.30. The van der Waals surface area contributed by atoms with Gasteiger partial charge in [0.2, 0.25) is 0 Å². The second-order valence-electron chi connectivity index (χ2n) is 2.97. The first kappa shape index (κ1) is 13.2. The summed E-state index contributed by atoms with van der Waals surface area (Å²) in [6.07, 6.45) is 1.02. The van der Waals surface area contributed by atoms with E-state index >= 15 is 0 Å². The van der Waals surface area contributed by atoms with Gasteiger partial charge in [-0.05, 0) is 30.9 Å². The van der Waals surface area contributed by atoms with E-state index in [1.165, 1.54) is 6.08 Å². The molecule has 0 amide bonds. The third-order valence-corrected chi connectivity index (χ3v) is 1.45. The Morgan fingerprint density at radius 2 is 2.14 bits per heavy atom. The van der Waals surface area contributed by atoms with Crippen molar-refractivity contribution in [2.75, 3.05) is 6.61 Å². The lowest BCUT2D eigenvalue weighted by molar-refractivity contribution is -0.184. The molecule has 14 heavy (non-hydrogen) atoms. The number of carbonyl (C=O) groups is 1. The van der Waals surface area contributed by atoms with Crippen molar-refractivity contribution in [3.63, 3.8) is 0 Å². The van der Waals surface area contributed by atoms with Crippen molar-refractivity contribution in [1.82, 2.24) is 0 Å². The Bertz CT molecular complexity index is 246. The fourth-order valence-corrected chi connectivity index (χ4v) is 0.973. The minimum Gasteiger partial charge on any atom is -0.566 e. The monoisotopic (exact) mass is 220 g/mol. The molecule has 0 rings (SSSR count). The SMILES string of the molecule is C/C(=C\C(=O)OC(C)C)CO[P+](=O)[O-]. The molecule has 0 saturated carbocycles. The van der Waals surface area contributed by atoms with Crippen LogP contribution in [0.3, 0.4) is 0 Å². The predicted octanol–water partition coefficient (Wildman–Crippen LogP) is 0.919. The molecule has 0 radical (unpaired) electrons. The summed E-state index contributed by atoms with van der Waals surface area (Å²) < 4.78 is 19.1. The van der Waals surface area contributed by atoms with Crippen LogP contribution in [0.1, 0.15) is 20.8 Å². The van der Waals surface area contributed by atoms with Crippen LogP contribution in [-0.4, -0.2) is 18.7 Å². The summed E-state index contributed by atoms with van der Waals surface area (Å²) in [5, 5.41) is 0. The Labute approximate surface area is 83.7 Å². The Morgan fingerprint density at radius 3 is 2.57 bits per heavy atom. The maximum Gasteiger partial charge on any atom is 0.488 e. The number of esters is 1. The van der Waals surface area contributed by atoms with Crippen LogP contribution in [0.5, 0.6) is 0 Å². The topological polar surface area (TPSA) is 75.7 Å². The van der Waals surface area contributed by atoms with Crippen molar-refractivity contribution in [3.05, 3.63) is 11.6 Å². The number of hydrogen-bond donors (Lipinski definition) is 0. The summed E-state index contributed by atoms with van der Waals surface area (Å²) in [5.74, 6) is -0.498. The Kier molecular flexibility index (Phi) is 6.28. The minimum absolute atomic E-state index is 0.119. The van der Waals surface area contributed by atoms with E-state index in [1.807, 2.05) is 0 Å². The van der Waals surface area contributed by atoms with Gasteiger partial charge in [0.1, 0.15) is 6.61 Å². The highest BCUT2D eigenvalue weighted by Gasteiger charge is 2.05. The van der Waals surface area contributed by atoms with Crippen molar-refractivity contribution in [2.24, 2.45) is 0 Å². The van der Waals surface area contributed by atoms with Crippen LogP contribution in [0.4, 0.5) is 0 Å². The molecular formula is C8H13O5P. The Balaban J connectivity index is 3.96. The molecule has 0 N–H and O–H groups in total. The van der Waals surface area contributed by atoms with Gasteiger partial charge in [-0.25, -0.2) is 4.79 Å².